The molecule has 1 amide bonds. The summed E-state index contributed by atoms with van der Waals surface area (Å²) in [7, 11) is 0. The Balaban J connectivity index is 1.69. The molecular formula is C13H16BrN3O. The van der Waals surface area contributed by atoms with Gasteiger partial charge in [-0.25, -0.2) is 4.98 Å². The molecule has 1 aromatic heterocycles. The van der Waals surface area contributed by atoms with Crippen LogP contribution in [0.5, 0.6) is 0 Å². The number of carbonyl (C=O) groups excluding carboxylic acids is 1. The van der Waals surface area contributed by atoms with Crippen molar-refractivity contribution in [2.24, 2.45) is 5.92 Å². The molecule has 3 rings (SSSR count). The van der Waals surface area contributed by atoms with Crippen LogP contribution in [0.4, 0.5) is 5.69 Å². The minimum absolute atomic E-state index is 0.118. The molecule has 2 bridgehead atoms. The second-order valence-electron chi connectivity index (χ2n) is 5.21. The van der Waals surface area contributed by atoms with E-state index in [2.05, 4.69) is 31.5 Å². The number of hydrogen-bond donors (Lipinski definition) is 2. The van der Waals surface area contributed by atoms with Crippen molar-refractivity contribution < 1.29 is 4.79 Å². The van der Waals surface area contributed by atoms with Crippen molar-refractivity contribution in [1.29, 1.82) is 0 Å². The lowest BCUT2D eigenvalue weighted by Crippen LogP contribution is -2.32. The molecule has 2 aliphatic heterocycles. The number of rotatable bonds is 2. The third-order valence-electron chi connectivity index (χ3n) is 3.92. The Morgan fingerprint density at radius 3 is 3.00 bits per heavy atom. The molecule has 2 saturated heterocycles. The van der Waals surface area contributed by atoms with Gasteiger partial charge in [-0.2, -0.15) is 0 Å². The molecule has 96 valence electrons. The maximum atomic E-state index is 12.2. The zero-order valence-corrected chi connectivity index (χ0v) is 11.8. The molecule has 2 N–H and O–H groups in total. The van der Waals surface area contributed by atoms with Crippen LogP contribution in [-0.4, -0.2) is 23.0 Å². The van der Waals surface area contributed by atoms with Crippen molar-refractivity contribution in [3.05, 3.63) is 22.4 Å². The highest BCUT2D eigenvalue weighted by molar-refractivity contribution is 9.10. The SMILES string of the molecule is Cc1cc(NC(=O)C2CC3CCC2N3)cnc1Br. The highest BCUT2D eigenvalue weighted by atomic mass is 79.9. The van der Waals surface area contributed by atoms with Crippen molar-refractivity contribution in [3.8, 4) is 0 Å². The zero-order chi connectivity index (χ0) is 12.7. The Labute approximate surface area is 115 Å². The third kappa shape index (κ3) is 2.17. The van der Waals surface area contributed by atoms with E-state index in [1.54, 1.807) is 6.20 Å². The van der Waals surface area contributed by atoms with E-state index in [-0.39, 0.29) is 11.8 Å². The number of amides is 1. The van der Waals surface area contributed by atoms with Crippen LogP contribution in [0.2, 0.25) is 0 Å². The van der Waals surface area contributed by atoms with Crippen molar-refractivity contribution in [2.75, 3.05) is 5.32 Å². The number of halogens is 1. The largest absolute Gasteiger partial charge is 0.324 e. The average molecular weight is 310 g/mol. The lowest BCUT2D eigenvalue weighted by molar-refractivity contribution is -0.120. The number of aryl methyl sites for hydroxylation is 1. The number of fused-ring (bicyclic) bond motifs is 2. The fourth-order valence-electron chi connectivity index (χ4n) is 2.98. The summed E-state index contributed by atoms with van der Waals surface area (Å²) in [6.07, 6.45) is 5.00. The van der Waals surface area contributed by atoms with Gasteiger partial charge in [0.15, 0.2) is 0 Å². The maximum Gasteiger partial charge on any atom is 0.229 e. The Kier molecular flexibility index (Phi) is 3.11. The smallest absolute Gasteiger partial charge is 0.229 e. The normalized spacial score (nSPS) is 29.6. The first-order chi connectivity index (χ1) is 8.63. The van der Waals surface area contributed by atoms with Crippen molar-refractivity contribution >= 4 is 27.5 Å². The molecule has 0 spiro atoms. The molecule has 4 nitrogen and oxygen atoms in total. The van der Waals surface area contributed by atoms with Gasteiger partial charge in [-0.15, -0.1) is 0 Å². The average Bonchev–Trinajstić information content (AvgIpc) is 2.96. The lowest BCUT2D eigenvalue weighted by atomic mass is 9.88. The molecule has 3 unspecified atom stereocenters. The first-order valence-corrected chi connectivity index (χ1v) is 7.12. The fraction of sp³-hybridized carbons (Fsp3) is 0.538. The van der Waals surface area contributed by atoms with Gasteiger partial charge in [-0.05, 0) is 53.7 Å². The van der Waals surface area contributed by atoms with Crippen LogP contribution in [0.3, 0.4) is 0 Å². The van der Waals surface area contributed by atoms with Crippen LogP contribution >= 0.6 is 15.9 Å². The van der Waals surface area contributed by atoms with E-state index in [1.807, 2.05) is 13.0 Å². The molecule has 2 fully saturated rings. The second kappa shape index (κ2) is 4.63. The quantitative estimate of drug-likeness (QED) is 0.824. The highest BCUT2D eigenvalue weighted by Crippen LogP contribution is 2.33. The maximum absolute atomic E-state index is 12.2. The molecule has 0 radical (unpaired) electrons. The second-order valence-corrected chi connectivity index (χ2v) is 5.96. The van der Waals surface area contributed by atoms with Crippen LogP contribution < -0.4 is 10.6 Å². The van der Waals surface area contributed by atoms with Crippen LogP contribution in [0.25, 0.3) is 0 Å². The number of nitrogens with zero attached hydrogens (tertiary/aromatic N) is 1. The van der Waals surface area contributed by atoms with Crippen LogP contribution in [0, 0.1) is 12.8 Å². The summed E-state index contributed by atoms with van der Waals surface area (Å²) in [6, 6.07) is 2.87. The van der Waals surface area contributed by atoms with Gasteiger partial charge < -0.3 is 10.6 Å². The number of hydrogen-bond acceptors (Lipinski definition) is 3. The summed E-state index contributed by atoms with van der Waals surface area (Å²) in [5.41, 5.74) is 1.81. The minimum atomic E-state index is 0.118. The topological polar surface area (TPSA) is 54.0 Å². The summed E-state index contributed by atoms with van der Waals surface area (Å²) >= 11 is 3.35. The van der Waals surface area contributed by atoms with E-state index in [1.165, 1.54) is 6.42 Å². The lowest BCUT2D eigenvalue weighted by Gasteiger charge is -2.19. The van der Waals surface area contributed by atoms with Crippen molar-refractivity contribution in [1.82, 2.24) is 10.3 Å². The van der Waals surface area contributed by atoms with Gasteiger partial charge in [0.1, 0.15) is 4.60 Å². The molecule has 5 heteroatoms. The predicted molar refractivity (Wildman–Crippen MR) is 73.4 cm³/mol. The molecule has 0 saturated carbocycles. The first-order valence-electron chi connectivity index (χ1n) is 6.32. The monoisotopic (exact) mass is 309 g/mol. The van der Waals surface area contributed by atoms with Crippen LogP contribution in [0.1, 0.15) is 24.8 Å². The molecule has 0 aliphatic carbocycles. The van der Waals surface area contributed by atoms with E-state index in [0.29, 0.717) is 12.1 Å². The van der Waals surface area contributed by atoms with Gasteiger partial charge in [0.2, 0.25) is 5.91 Å². The number of nitrogens with one attached hydrogen (secondary N) is 2. The van der Waals surface area contributed by atoms with Crippen LogP contribution in [0.15, 0.2) is 16.9 Å². The molecule has 3 heterocycles. The highest BCUT2D eigenvalue weighted by Gasteiger charge is 2.42. The number of pyridine rings is 1. The number of aromatic nitrogens is 1. The van der Waals surface area contributed by atoms with Gasteiger partial charge in [0, 0.05) is 12.1 Å². The Morgan fingerprint density at radius 1 is 1.56 bits per heavy atom. The fourth-order valence-corrected chi connectivity index (χ4v) is 3.19. The van der Waals surface area contributed by atoms with Crippen molar-refractivity contribution in [3.63, 3.8) is 0 Å². The van der Waals surface area contributed by atoms with Crippen LogP contribution in [-0.2, 0) is 4.79 Å². The number of anilines is 1. The van der Waals surface area contributed by atoms with Gasteiger partial charge in [0.25, 0.3) is 0 Å². The zero-order valence-electron chi connectivity index (χ0n) is 10.2. The molecule has 2 aliphatic rings. The predicted octanol–water partition coefficient (Wildman–Crippen LogP) is 2.23. The van der Waals surface area contributed by atoms with Gasteiger partial charge in [-0.1, -0.05) is 0 Å². The Bertz CT molecular complexity index is 491. The summed E-state index contributed by atoms with van der Waals surface area (Å²) in [5, 5.41) is 6.46. The third-order valence-corrected chi connectivity index (χ3v) is 4.75. The number of carbonyl (C=O) groups is 1. The Hall–Kier alpha value is -0.940. The minimum Gasteiger partial charge on any atom is -0.324 e. The van der Waals surface area contributed by atoms with Crippen molar-refractivity contribution in [2.45, 2.75) is 38.3 Å². The van der Waals surface area contributed by atoms with Gasteiger partial charge in [-0.3, -0.25) is 4.79 Å². The molecule has 18 heavy (non-hydrogen) atoms. The summed E-state index contributed by atoms with van der Waals surface area (Å²) in [6.45, 7) is 1.96. The summed E-state index contributed by atoms with van der Waals surface area (Å²) < 4.78 is 0.821. The van der Waals surface area contributed by atoms with E-state index in [9.17, 15) is 4.79 Å². The molecule has 1 aromatic rings. The molecular weight excluding hydrogens is 294 g/mol. The van der Waals surface area contributed by atoms with E-state index in [4.69, 9.17) is 0 Å². The van der Waals surface area contributed by atoms with Gasteiger partial charge >= 0.3 is 0 Å². The van der Waals surface area contributed by atoms with E-state index in [0.717, 1.165) is 28.7 Å². The summed E-state index contributed by atoms with van der Waals surface area (Å²) in [5.74, 6) is 0.242. The van der Waals surface area contributed by atoms with E-state index < -0.39 is 0 Å². The Morgan fingerprint density at radius 2 is 2.39 bits per heavy atom. The van der Waals surface area contributed by atoms with E-state index >= 15 is 0 Å². The van der Waals surface area contributed by atoms with Gasteiger partial charge in [0.05, 0.1) is 17.8 Å². The first kappa shape index (κ1) is 12.1. The molecule has 0 aromatic carbocycles. The summed E-state index contributed by atoms with van der Waals surface area (Å²) in [4.78, 5) is 16.4. The molecule has 3 atom stereocenters. The standard InChI is InChI=1S/C13H16BrN3O/c1-7-4-9(6-15-12(7)14)17-13(18)10-5-8-2-3-11(10)16-8/h4,6,8,10-11,16H,2-3,5H2,1H3,(H,17,18).